The summed E-state index contributed by atoms with van der Waals surface area (Å²) in [6, 6.07) is 7.56. The van der Waals surface area contributed by atoms with Crippen LogP contribution in [0.4, 0.5) is 5.82 Å². The second-order valence-corrected chi connectivity index (χ2v) is 6.73. The predicted molar refractivity (Wildman–Crippen MR) is 83.1 cm³/mol. The minimum Gasteiger partial charge on any atom is -0.309 e. The van der Waals surface area contributed by atoms with E-state index in [-0.39, 0.29) is 23.8 Å². The zero-order valence-electron chi connectivity index (χ0n) is 11.8. The van der Waals surface area contributed by atoms with Gasteiger partial charge in [-0.15, -0.1) is 0 Å². The summed E-state index contributed by atoms with van der Waals surface area (Å²) in [7, 11) is -1.95. The molecule has 0 saturated heterocycles. The first-order valence-corrected chi connectivity index (χ1v) is 8.28. The van der Waals surface area contributed by atoms with Gasteiger partial charge >= 0.3 is 0 Å². The van der Waals surface area contributed by atoms with Crippen LogP contribution >= 0.6 is 11.6 Å². The molecule has 0 aliphatic rings. The van der Waals surface area contributed by atoms with Gasteiger partial charge in [0.2, 0.25) is 15.9 Å². The number of aryl methyl sites for hydroxylation is 1. The first kappa shape index (κ1) is 16.5. The van der Waals surface area contributed by atoms with Gasteiger partial charge in [-0.05, 0) is 18.2 Å². The number of halogens is 1. The van der Waals surface area contributed by atoms with E-state index in [1.165, 1.54) is 12.1 Å². The number of hydrogen-bond donors (Lipinski definition) is 2. The first-order valence-electron chi connectivity index (χ1n) is 6.41. The fraction of sp³-hybridized carbons (Fsp3) is 0.231. The van der Waals surface area contributed by atoms with Crippen LogP contribution in [-0.2, 0) is 21.9 Å². The summed E-state index contributed by atoms with van der Waals surface area (Å²) >= 11 is 5.76. The van der Waals surface area contributed by atoms with Gasteiger partial charge in [-0.25, -0.2) is 13.1 Å². The summed E-state index contributed by atoms with van der Waals surface area (Å²) in [4.78, 5) is 11.7. The third kappa shape index (κ3) is 4.55. The van der Waals surface area contributed by atoms with E-state index in [1.807, 2.05) is 0 Å². The van der Waals surface area contributed by atoms with Crippen molar-refractivity contribution in [1.82, 2.24) is 14.5 Å². The molecule has 118 valence electrons. The van der Waals surface area contributed by atoms with Gasteiger partial charge in [0.25, 0.3) is 0 Å². The summed E-state index contributed by atoms with van der Waals surface area (Å²) in [5, 5.41) is 6.90. The molecule has 0 saturated carbocycles. The summed E-state index contributed by atoms with van der Waals surface area (Å²) in [5.74, 6) is 0.0951. The molecule has 0 radical (unpaired) electrons. The Labute approximate surface area is 133 Å². The molecule has 0 fully saturated rings. The predicted octanol–water partition coefficient (Wildman–Crippen LogP) is 1.38. The lowest BCUT2D eigenvalue weighted by molar-refractivity contribution is -0.116. The van der Waals surface area contributed by atoms with Crippen LogP contribution in [0.2, 0.25) is 5.02 Å². The van der Waals surface area contributed by atoms with Gasteiger partial charge in [-0.3, -0.25) is 9.48 Å². The topological polar surface area (TPSA) is 93.1 Å². The number of carbonyl (C=O) groups is 1. The van der Waals surface area contributed by atoms with E-state index in [0.29, 0.717) is 10.8 Å². The molecule has 1 amide bonds. The number of sulfonamides is 1. The molecule has 0 spiro atoms. The molecule has 7 nitrogen and oxygen atoms in total. The maximum atomic E-state index is 12.0. The maximum Gasteiger partial charge on any atom is 0.240 e. The molecule has 1 heterocycles. The molecule has 0 atom stereocenters. The zero-order chi connectivity index (χ0) is 16.2. The highest BCUT2D eigenvalue weighted by Crippen LogP contribution is 2.15. The Morgan fingerprint density at radius 1 is 1.36 bits per heavy atom. The van der Waals surface area contributed by atoms with Gasteiger partial charge in [0.15, 0.2) is 5.82 Å². The molecule has 0 aliphatic carbocycles. The molecule has 2 rings (SSSR count). The second-order valence-electron chi connectivity index (χ2n) is 4.53. The molecule has 0 aliphatic heterocycles. The molecule has 2 N–H and O–H groups in total. The number of anilines is 1. The Morgan fingerprint density at radius 3 is 2.77 bits per heavy atom. The second kappa shape index (κ2) is 6.91. The lowest BCUT2D eigenvalue weighted by Gasteiger charge is -2.07. The number of benzene rings is 1. The van der Waals surface area contributed by atoms with E-state index < -0.39 is 10.0 Å². The largest absolute Gasteiger partial charge is 0.309 e. The quantitative estimate of drug-likeness (QED) is 0.829. The van der Waals surface area contributed by atoms with Gasteiger partial charge in [0.1, 0.15) is 0 Å². The number of hydrogen-bond acceptors (Lipinski definition) is 4. The molecule has 1 aromatic heterocycles. The average Bonchev–Trinajstić information content (AvgIpc) is 2.84. The van der Waals surface area contributed by atoms with Gasteiger partial charge in [0.05, 0.1) is 4.90 Å². The van der Waals surface area contributed by atoms with Crippen molar-refractivity contribution >= 4 is 33.3 Å². The third-order valence-electron chi connectivity index (χ3n) is 2.73. The Morgan fingerprint density at radius 2 is 2.14 bits per heavy atom. The molecular formula is C13H15ClN4O3S. The number of rotatable bonds is 6. The molecule has 1 aromatic carbocycles. The Balaban J connectivity index is 1.86. The van der Waals surface area contributed by atoms with E-state index in [4.69, 9.17) is 11.6 Å². The van der Waals surface area contributed by atoms with E-state index in [2.05, 4.69) is 15.1 Å². The van der Waals surface area contributed by atoms with Crippen LogP contribution in [0.15, 0.2) is 41.4 Å². The summed E-state index contributed by atoms with van der Waals surface area (Å²) in [5.41, 5.74) is 0. The van der Waals surface area contributed by atoms with Crippen LogP contribution in [-0.4, -0.2) is 30.7 Å². The molecular weight excluding hydrogens is 328 g/mol. The fourth-order valence-corrected chi connectivity index (χ4v) is 3.04. The van der Waals surface area contributed by atoms with Gasteiger partial charge in [-0.2, -0.15) is 5.10 Å². The standard InChI is InChI=1S/C13H15ClN4O3S/c1-18-8-6-12(17-18)16-13(19)5-7-15-22(20,21)11-4-2-3-10(14)9-11/h2-4,6,8-9,15H,5,7H2,1H3,(H,16,17,19). The number of nitrogens with one attached hydrogen (secondary N) is 2. The Bertz CT molecular complexity index is 773. The number of nitrogens with zero attached hydrogens (tertiary/aromatic N) is 2. The lowest BCUT2D eigenvalue weighted by Crippen LogP contribution is -2.27. The van der Waals surface area contributed by atoms with E-state index in [1.54, 1.807) is 36.1 Å². The first-order chi connectivity index (χ1) is 10.4. The van der Waals surface area contributed by atoms with Crippen LogP contribution in [0.5, 0.6) is 0 Å². The van der Waals surface area contributed by atoms with E-state index in [0.717, 1.165) is 0 Å². The van der Waals surface area contributed by atoms with Crippen molar-refractivity contribution in [2.24, 2.45) is 7.05 Å². The van der Waals surface area contributed by atoms with Crippen molar-refractivity contribution in [2.45, 2.75) is 11.3 Å². The summed E-state index contributed by atoms with van der Waals surface area (Å²) < 4.78 is 27.9. The molecule has 0 unspecified atom stereocenters. The van der Waals surface area contributed by atoms with Crippen molar-refractivity contribution in [2.75, 3.05) is 11.9 Å². The molecule has 0 bridgehead atoms. The highest BCUT2D eigenvalue weighted by atomic mass is 35.5. The molecule has 9 heteroatoms. The maximum absolute atomic E-state index is 12.0. The number of carbonyl (C=O) groups excluding carboxylic acids is 1. The average molecular weight is 343 g/mol. The van der Waals surface area contributed by atoms with Crippen LogP contribution in [0.1, 0.15) is 6.42 Å². The fourth-order valence-electron chi connectivity index (χ4n) is 1.70. The van der Waals surface area contributed by atoms with E-state index in [9.17, 15) is 13.2 Å². The Kier molecular flexibility index (Phi) is 5.17. The number of amides is 1. The zero-order valence-corrected chi connectivity index (χ0v) is 13.4. The van der Waals surface area contributed by atoms with Gasteiger partial charge in [0, 0.05) is 37.3 Å². The summed E-state index contributed by atoms with van der Waals surface area (Å²) in [6.07, 6.45) is 1.69. The van der Waals surface area contributed by atoms with Crippen LogP contribution in [0.25, 0.3) is 0 Å². The van der Waals surface area contributed by atoms with Gasteiger partial charge < -0.3 is 5.32 Å². The SMILES string of the molecule is Cn1ccc(NC(=O)CCNS(=O)(=O)c2cccc(Cl)c2)n1. The Hall–Kier alpha value is -1.90. The van der Waals surface area contributed by atoms with Crippen LogP contribution in [0, 0.1) is 0 Å². The minimum absolute atomic E-state index is 0.00360. The number of aromatic nitrogens is 2. The normalized spacial score (nSPS) is 11.4. The highest BCUT2D eigenvalue weighted by Gasteiger charge is 2.14. The van der Waals surface area contributed by atoms with Gasteiger partial charge in [-0.1, -0.05) is 17.7 Å². The van der Waals surface area contributed by atoms with Crippen molar-refractivity contribution in [1.29, 1.82) is 0 Å². The van der Waals surface area contributed by atoms with Crippen LogP contribution < -0.4 is 10.0 Å². The highest BCUT2D eigenvalue weighted by molar-refractivity contribution is 7.89. The molecule has 22 heavy (non-hydrogen) atoms. The minimum atomic E-state index is -3.68. The van der Waals surface area contributed by atoms with Crippen molar-refractivity contribution in [3.8, 4) is 0 Å². The smallest absolute Gasteiger partial charge is 0.240 e. The van der Waals surface area contributed by atoms with Crippen molar-refractivity contribution in [3.63, 3.8) is 0 Å². The lowest BCUT2D eigenvalue weighted by atomic mass is 10.4. The van der Waals surface area contributed by atoms with Crippen LogP contribution in [0.3, 0.4) is 0 Å². The monoisotopic (exact) mass is 342 g/mol. The summed E-state index contributed by atoms with van der Waals surface area (Å²) in [6.45, 7) is -0.0203. The van der Waals surface area contributed by atoms with E-state index >= 15 is 0 Å². The molecule has 2 aromatic rings. The van der Waals surface area contributed by atoms with Crippen molar-refractivity contribution in [3.05, 3.63) is 41.6 Å². The third-order valence-corrected chi connectivity index (χ3v) is 4.43. The van der Waals surface area contributed by atoms with Crippen molar-refractivity contribution < 1.29 is 13.2 Å².